The molecule has 1 N–H and O–H groups in total. The van der Waals surface area contributed by atoms with Crippen molar-refractivity contribution >= 4 is 23.4 Å². The Balaban J connectivity index is 1.35. The third kappa shape index (κ3) is 3.86. The Morgan fingerprint density at radius 1 is 1.04 bits per heavy atom. The van der Waals surface area contributed by atoms with Crippen LogP contribution in [0.15, 0.2) is 47.1 Å². The van der Waals surface area contributed by atoms with E-state index in [-0.39, 0.29) is 11.7 Å². The second-order valence-electron chi connectivity index (χ2n) is 6.22. The molecule has 1 fully saturated rings. The van der Waals surface area contributed by atoms with Crippen molar-refractivity contribution in [1.82, 2.24) is 25.2 Å². The molecule has 1 aliphatic rings. The minimum atomic E-state index is -0.136. The van der Waals surface area contributed by atoms with Gasteiger partial charge in [0.05, 0.1) is 6.20 Å². The number of aromatic nitrogens is 4. The van der Waals surface area contributed by atoms with Crippen molar-refractivity contribution in [1.29, 1.82) is 0 Å². The summed E-state index contributed by atoms with van der Waals surface area (Å²) in [5.74, 6) is 2.28. The van der Waals surface area contributed by atoms with E-state index in [1.54, 1.807) is 11.0 Å². The van der Waals surface area contributed by atoms with Gasteiger partial charge in [0.15, 0.2) is 11.6 Å². The van der Waals surface area contributed by atoms with Gasteiger partial charge in [-0.1, -0.05) is 11.2 Å². The van der Waals surface area contributed by atoms with Gasteiger partial charge in [-0.05, 0) is 31.2 Å². The van der Waals surface area contributed by atoms with E-state index >= 15 is 0 Å². The number of carbonyl (C=O) groups excluding carboxylic acids is 1. The molecule has 1 aliphatic heterocycles. The van der Waals surface area contributed by atoms with E-state index < -0.39 is 0 Å². The SMILES string of the molecule is Cc1cccc(Nc2ccc(N3CCN(C(=O)c4ccno4)CC3)nn2)n1. The van der Waals surface area contributed by atoms with E-state index in [4.69, 9.17) is 4.52 Å². The Bertz CT molecular complexity index is 904. The summed E-state index contributed by atoms with van der Waals surface area (Å²) >= 11 is 0. The zero-order valence-corrected chi connectivity index (χ0v) is 14.9. The molecular weight excluding hydrogens is 346 g/mol. The van der Waals surface area contributed by atoms with Crippen LogP contribution in [0, 0.1) is 6.92 Å². The second-order valence-corrected chi connectivity index (χ2v) is 6.22. The van der Waals surface area contributed by atoms with E-state index in [0.29, 0.717) is 32.0 Å². The Hall–Kier alpha value is -3.49. The number of rotatable bonds is 4. The molecule has 3 aromatic rings. The van der Waals surface area contributed by atoms with Crippen LogP contribution in [0.3, 0.4) is 0 Å². The van der Waals surface area contributed by atoms with Gasteiger partial charge in [-0.25, -0.2) is 4.98 Å². The molecule has 1 amide bonds. The van der Waals surface area contributed by atoms with E-state index in [2.05, 4.69) is 30.6 Å². The number of hydrogen-bond donors (Lipinski definition) is 1. The Morgan fingerprint density at radius 3 is 2.56 bits per heavy atom. The number of amides is 1. The first-order valence-electron chi connectivity index (χ1n) is 8.68. The third-order valence-electron chi connectivity index (χ3n) is 4.33. The highest BCUT2D eigenvalue weighted by Gasteiger charge is 2.24. The molecule has 0 atom stereocenters. The quantitative estimate of drug-likeness (QED) is 0.748. The molecule has 9 nitrogen and oxygen atoms in total. The minimum Gasteiger partial charge on any atom is -0.352 e. The van der Waals surface area contributed by atoms with Crippen molar-refractivity contribution < 1.29 is 9.32 Å². The first-order chi connectivity index (χ1) is 13.2. The van der Waals surface area contributed by atoms with E-state index in [9.17, 15) is 4.79 Å². The highest BCUT2D eigenvalue weighted by Crippen LogP contribution is 2.17. The van der Waals surface area contributed by atoms with E-state index in [1.165, 1.54) is 6.20 Å². The standard InChI is InChI=1S/C18H19N7O2/c1-13-3-2-4-15(20-13)21-16-5-6-17(23-22-16)24-9-11-25(12-10-24)18(26)14-7-8-19-27-14/h2-8H,9-12H2,1H3,(H,20,21,22). The fourth-order valence-corrected chi connectivity index (χ4v) is 2.93. The summed E-state index contributed by atoms with van der Waals surface area (Å²) in [6, 6.07) is 11.1. The largest absolute Gasteiger partial charge is 0.352 e. The molecule has 3 aromatic heterocycles. The molecule has 0 bridgehead atoms. The maximum atomic E-state index is 12.3. The fourth-order valence-electron chi connectivity index (χ4n) is 2.93. The zero-order valence-electron chi connectivity index (χ0n) is 14.9. The van der Waals surface area contributed by atoms with E-state index in [0.717, 1.165) is 17.3 Å². The van der Waals surface area contributed by atoms with Gasteiger partial charge >= 0.3 is 0 Å². The molecule has 0 aromatic carbocycles. The lowest BCUT2D eigenvalue weighted by molar-refractivity contribution is 0.0704. The number of hydrogen-bond acceptors (Lipinski definition) is 8. The third-order valence-corrected chi connectivity index (χ3v) is 4.33. The van der Waals surface area contributed by atoms with Crippen LogP contribution in [0.2, 0.25) is 0 Å². The highest BCUT2D eigenvalue weighted by atomic mass is 16.5. The van der Waals surface area contributed by atoms with Gasteiger partial charge in [0.2, 0.25) is 5.76 Å². The average molecular weight is 365 g/mol. The van der Waals surface area contributed by atoms with Gasteiger partial charge < -0.3 is 19.6 Å². The maximum absolute atomic E-state index is 12.3. The first-order valence-corrected chi connectivity index (χ1v) is 8.68. The van der Waals surface area contributed by atoms with Crippen LogP contribution < -0.4 is 10.2 Å². The van der Waals surface area contributed by atoms with Crippen LogP contribution >= 0.6 is 0 Å². The monoisotopic (exact) mass is 365 g/mol. The smallest absolute Gasteiger partial charge is 0.292 e. The van der Waals surface area contributed by atoms with Crippen LogP contribution in [0.25, 0.3) is 0 Å². The summed E-state index contributed by atoms with van der Waals surface area (Å²) in [4.78, 5) is 20.5. The number of nitrogens with one attached hydrogen (secondary N) is 1. The summed E-state index contributed by atoms with van der Waals surface area (Å²) in [7, 11) is 0. The van der Waals surface area contributed by atoms with Crippen molar-refractivity contribution in [3.8, 4) is 0 Å². The van der Waals surface area contributed by atoms with Gasteiger partial charge in [0, 0.05) is 37.9 Å². The van der Waals surface area contributed by atoms with Gasteiger partial charge in [-0.2, -0.15) is 0 Å². The van der Waals surface area contributed by atoms with Crippen molar-refractivity contribution in [2.24, 2.45) is 0 Å². The summed E-state index contributed by atoms with van der Waals surface area (Å²) in [6.45, 7) is 4.48. The number of aryl methyl sites for hydroxylation is 1. The minimum absolute atomic E-state index is 0.136. The predicted molar refractivity (Wildman–Crippen MR) is 98.9 cm³/mol. The second kappa shape index (κ2) is 7.40. The number of carbonyl (C=O) groups is 1. The molecule has 138 valence electrons. The van der Waals surface area contributed by atoms with Crippen molar-refractivity contribution in [3.63, 3.8) is 0 Å². The topological polar surface area (TPSA) is 100 Å². The normalized spacial score (nSPS) is 14.3. The number of pyridine rings is 1. The van der Waals surface area contributed by atoms with Crippen molar-refractivity contribution in [3.05, 3.63) is 54.0 Å². The average Bonchev–Trinajstić information content (AvgIpc) is 3.23. The number of anilines is 3. The van der Waals surface area contributed by atoms with Crippen molar-refractivity contribution in [2.45, 2.75) is 6.92 Å². The highest BCUT2D eigenvalue weighted by molar-refractivity contribution is 5.91. The molecule has 9 heteroatoms. The molecule has 0 aliphatic carbocycles. The van der Waals surface area contributed by atoms with Crippen LogP contribution in [-0.2, 0) is 0 Å². The lowest BCUT2D eigenvalue weighted by Crippen LogP contribution is -2.49. The fraction of sp³-hybridized carbons (Fsp3) is 0.278. The zero-order chi connectivity index (χ0) is 18.6. The molecule has 0 radical (unpaired) electrons. The summed E-state index contributed by atoms with van der Waals surface area (Å²) in [6.07, 6.45) is 1.47. The number of piperazine rings is 1. The lowest BCUT2D eigenvalue weighted by Gasteiger charge is -2.34. The van der Waals surface area contributed by atoms with E-state index in [1.807, 2.05) is 37.3 Å². The maximum Gasteiger partial charge on any atom is 0.292 e. The van der Waals surface area contributed by atoms with Gasteiger partial charge in [-0.3, -0.25) is 4.79 Å². The molecule has 4 heterocycles. The summed E-state index contributed by atoms with van der Waals surface area (Å²) in [5.41, 5.74) is 0.933. The first kappa shape index (κ1) is 17.0. The number of nitrogens with zero attached hydrogens (tertiary/aromatic N) is 6. The van der Waals surface area contributed by atoms with Crippen LogP contribution in [0.4, 0.5) is 17.5 Å². The molecule has 1 saturated heterocycles. The van der Waals surface area contributed by atoms with Gasteiger partial charge in [-0.15, -0.1) is 10.2 Å². The van der Waals surface area contributed by atoms with Crippen LogP contribution in [-0.4, -0.2) is 57.3 Å². The molecular formula is C18H19N7O2. The summed E-state index contributed by atoms with van der Waals surface area (Å²) in [5, 5.41) is 15.2. The predicted octanol–water partition coefficient (Wildman–Crippen LogP) is 1.87. The van der Waals surface area contributed by atoms with Crippen molar-refractivity contribution in [2.75, 3.05) is 36.4 Å². The van der Waals surface area contributed by atoms with Gasteiger partial charge in [0.1, 0.15) is 5.82 Å². The lowest BCUT2D eigenvalue weighted by atomic mass is 10.3. The summed E-state index contributed by atoms with van der Waals surface area (Å²) < 4.78 is 4.94. The molecule has 0 spiro atoms. The Kier molecular flexibility index (Phi) is 4.65. The Morgan fingerprint density at radius 2 is 1.89 bits per heavy atom. The Labute approximate surface area is 156 Å². The molecule has 0 unspecified atom stereocenters. The molecule has 0 saturated carbocycles. The van der Waals surface area contributed by atoms with Crippen LogP contribution in [0.5, 0.6) is 0 Å². The van der Waals surface area contributed by atoms with Crippen LogP contribution in [0.1, 0.15) is 16.2 Å². The molecule has 27 heavy (non-hydrogen) atoms. The van der Waals surface area contributed by atoms with Gasteiger partial charge in [0.25, 0.3) is 5.91 Å². The molecule has 4 rings (SSSR count).